The van der Waals surface area contributed by atoms with E-state index in [1.165, 1.54) is 0 Å². The first kappa shape index (κ1) is 14.1. The van der Waals surface area contributed by atoms with Crippen LogP contribution in [0.2, 0.25) is 0 Å². The zero-order valence-corrected chi connectivity index (χ0v) is 13.4. The Morgan fingerprint density at radius 3 is 2.26 bits per heavy atom. The molecule has 5 heteroatoms. The van der Waals surface area contributed by atoms with Crippen LogP contribution in [0.3, 0.4) is 0 Å². The Morgan fingerprint density at radius 2 is 1.70 bits per heavy atom. The molecule has 2 aromatic carbocycles. The molecule has 4 nitrogen and oxygen atoms in total. The minimum absolute atomic E-state index is 0.0140. The lowest BCUT2D eigenvalue weighted by atomic mass is 10.1. The zero-order valence-electron chi connectivity index (χ0n) is 12.6. The summed E-state index contributed by atoms with van der Waals surface area (Å²) in [6.45, 7) is 1.88. The van der Waals surface area contributed by atoms with Crippen LogP contribution in [-0.2, 0) is 4.79 Å². The van der Waals surface area contributed by atoms with Crippen LogP contribution in [0.4, 0.5) is 11.4 Å². The highest BCUT2D eigenvalue weighted by atomic mass is 32.2. The summed E-state index contributed by atoms with van der Waals surface area (Å²) in [7, 11) is 0. The summed E-state index contributed by atoms with van der Waals surface area (Å²) in [5.74, 6) is 0.359. The standard InChI is InChI=1S/C18H15N3OS/c1-12(17-19-10-11-20-17)18(22)21-13-6-2-4-8-15(13)23-16-9-5-3-7-14(16)21/h2-12H,1H3,(H,19,20). The van der Waals surface area contributed by atoms with E-state index in [1.807, 2.05) is 60.4 Å². The van der Waals surface area contributed by atoms with Crippen molar-refractivity contribution in [3.8, 4) is 0 Å². The van der Waals surface area contributed by atoms with Gasteiger partial charge in [-0.05, 0) is 31.2 Å². The van der Waals surface area contributed by atoms with Gasteiger partial charge in [0.1, 0.15) is 5.82 Å². The second kappa shape index (κ2) is 5.59. The summed E-state index contributed by atoms with van der Waals surface area (Å²) in [5.41, 5.74) is 1.86. The molecular weight excluding hydrogens is 306 g/mol. The minimum Gasteiger partial charge on any atom is -0.348 e. The Bertz CT molecular complexity index is 815. The first-order valence-electron chi connectivity index (χ1n) is 7.45. The molecule has 1 aromatic heterocycles. The number of hydrogen-bond donors (Lipinski definition) is 1. The average molecular weight is 321 g/mol. The van der Waals surface area contributed by atoms with Crippen molar-refractivity contribution < 1.29 is 4.79 Å². The molecule has 0 saturated heterocycles. The topological polar surface area (TPSA) is 49.0 Å². The Labute approximate surface area is 138 Å². The third kappa shape index (κ3) is 2.33. The Balaban J connectivity index is 1.83. The number of carbonyl (C=O) groups is 1. The van der Waals surface area contributed by atoms with E-state index >= 15 is 0 Å². The molecule has 0 aliphatic carbocycles. The molecule has 0 radical (unpaired) electrons. The van der Waals surface area contributed by atoms with E-state index in [0.717, 1.165) is 21.2 Å². The summed E-state index contributed by atoms with van der Waals surface area (Å²) < 4.78 is 0. The smallest absolute Gasteiger partial charge is 0.242 e. The van der Waals surface area contributed by atoms with E-state index in [4.69, 9.17) is 0 Å². The van der Waals surface area contributed by atoms with Crippen LogP contribution >= 0.6 is 11.8 Å². The first-order valence-corrected chi connectivity index (χ1v) is 8.26. The van der Waals surface area contributed by atoms with E-state index in [2.05, 4.69) is 9.97 Å². The quantitative estimate of drug-likeness (QED) is 0.763. The number of rotatable bonds is 2. The van der Waals surface area contributed by atoms with Crippen LogP contribution in [-0.4, -0.2) is 15.9 Å². The fourth-order valence-corrected chi connectivity index (χ4v) is 3.82. The van der Waals surface area contributed by atoms with Crippen LogP contribution in [0.15, 0.2) is 70.7 Å². The normalized spacial score (nSPS) is 14.0. The van der Waals surface area contributed by atoms with E-state index in [0.29, 0.717) is 5.82 Å². The van der Waals surface area contributed by atoms with Crippen molar-refractivity contribution in [2.75, 3.05) is 4.90 Å². The average Bonchev–Trinajstić information content (AvgIpc) is 3.13. The van der Waals surface area contributed by atoms with Crippen LogP contribution in [0.25, 0.3) is 0 Å². The predicted octanol–water partition coefficient (Wildman–Crippen LogP) is 4.34. The highest BCUT2D eigenvalue weighted by molar-refractivity contribution is 7.99. The summed E-state index contributed by atoms with van der Waals surface area (Å²) in [6.07, 6.45) is 3.42. The van der Waals surface area contributed by atoms with Gasteiger partial charge in [0.05, 0.1) is 17.3 Å². The maximum Gasteiger partial charge on any atom is 0.242 e. The summed E-state index contributed by atoms with van der Waals surface area (Å²) in [4.78, 5) is 24.4. The van der Waals surface area contributed by atoms with Crippen molar-refractivity contribution in [3.63, 3.8) is 0 Å². The second-order valence-corrected chi connectivity index (χ2v) is 6.49. The Kier molecular flexibility index (Phi) is 3.42. The van der Waals surface area contributed by atoms with Crippen molar-refractivity contribution in [3.05, 3.63) is 66.7 Å². The van der Waals surface area contributed by atoms with Gasteiger partial charge in [0.15, 0.2) is 0 Å². The number of anilines is 2. The number of para-hydroxylation sites is 2. The van der Waals surface area contributed by atoms with Gasteiger partial charge in [0.25, 0.3) is 0 Å². The lowest BCUT2D eigenvalue weighted by Gasteiger charge is -2.32. The highest BCUT2D eigenvalue weighted by Crippen LogP contribution is 2.48. The fourth-order valence-electron chi connectivity index (χ4n) is 2.77. The van der Waals surface area contributed by atoms with Crippen LogP contribution < -0.4 is 4.90 Å². The SMILES string of the molecule is CC(C(=O)N1c2ccccc2Sc2ccccc21)c1ncc[nH]1. The van der Waals surface area contributed by atoms with E-state index in [-0.39, 0.29) is 11.8 Å². The lowest BCUT2D eigenvalue weighted by Crippen LogP contribution is -2.32. The molecule has 1 amide bonds. The molecule has 1 unspecified atom stereocenters. The number of amides is 1. The molecule has 1 atom stereocenters. The number of aromatic amines is 1. The van der Waals surface area contributed by atoms with Gasteiger partial charge in [-0.1, -0.05) is 36.0 Å². The molecule has 114 valence electrons. The van der Waals surface area contributed by atoms with Gasteiger partial charge in [-0.2, -0.15) is 0 Å². The number of nitrogens with one attached hydrogen (secondary N) is 1. The van der Waals surface area contributed by atoms with Crippen molar-refractivity contribution >= 4 is 29.0 Å². The largest absolute Gasteiger partial charge is 0.348 e. The molecule has 2 heterocycles. The molecule has 23 heavy (non-hydrogen) atoms. The number of carbonyl (C=O) groups excluding carboxylic acids is 1. The fraction of sp³-hybridized carbons (Fsp3) is 0.111. The monoisotopic (exact) mass is 321 g/mol. The first-order chi connectivity index (χ1) is 11.3. The number of hydrogen-bond acceptors (Lipinski definition) is 3. The molecule has 0 saturated carbocycles. The minimum atomic E-state index is -0.339. The van der Waals surface area contributed by atoms with Gasteiger partial charge in [-0.15, -0.1) is 0 Å². The maximum absolute atomic E-state index is 13.2. The van der Waals surface area contributed by atoms with E-state index in [1.54, 1.807) is 24.2 Å². The Morgan fingerprint density at radius 1 is 1.09 bits per heavy atom. The number of nitrogens with zero attached hydrogens (tertiary/aromatic N) is 2. The van der Waals surface area contributed by atoms with Crippen molar-refractivity contribution in [2.45, 2.75) is 22.6 Å². The van der Waals surface area contributed by atoms with Gasteiger partial charge in [-0.3, -0.25) is 9.69 Å². The predicted molar refractivity (Wildman–Crippen MR) is 91.2 cm³/mol. The van der Waals surface area contributed by atoms with E-state index < -0.39 is 0 Å². The number of fused-ring (bicyclic) bond motifs is 2. The van der Waals surface area contributed by atoms with Gasteiger partial charge in [-0.25, -0.2) is 4.98 Å². The molecule has 1 aliphatic rings. The zero-order chi connectivity index (χ0) is 15.8. The van der Waals surface area contributed by atoms with Gasteiger partial charge in [0.2, 0.25) is 5.91 Å². The van der Waals surface area contributed by atoms with Crippen molar-refractivity contribution in [1.82, 2.24) is 9.97 Å². The van der Waals surface area contributed by atoms with Crippen molar-refractivity contribution in [2.24, 2.45) is 0 Å². The third-order valence-electron chi connectivity index (χ3n) is 3.95. The third-order valence-corrected chi connectivity index (χ3v) is 5.08. The highest BCUT2D eigenvalue weighted by Gasteiger charge is 2.31. The molecule has 1 aliphatic heterocycles. The number of H-pyrrole nitrogens is 1. The van der Waals surface area contributed by atoms with Crippen molar-refractivity contribution in [1.29, 1.82) is 0 Å². The maximum atomic E-state index is 13.2. The molecule has 0 bridgehead atoms. The number of aromatic nitrogens is 2. The molecular formula is C18H15N3OS. The van der Waals surface area contributed by atoms with Crippen LogP contribution in [0.1, 0.15) is 18.7 Å². The molecule has 1 N–H and O–H groups in total. The second-order valence-electron chi connectivity index (χ2n) is 5.41. The number of imidazole rings is 1. The van der Waals surface area contributed by atoms with Gasteiger partial charge < -0.3 is 4.98 Å². The molecule has 0 fully saturated rings. The van der Waals surface area contributed by atoms with E-state index in [9.17, 15) is 4.79 Å². The summed E-state index contributed by atoms with van der Waals surface area (Å²) in [6, 6.07) is 16.0. The molecule has 3 aromatic rings. The molecule has 4 rings (SSSR count). The summed E-state index contributed by atoms with van der Waals surface area (Å²) >= 11 is 1.70. The van der Waals surface area contributed by atoms with Gasteiger partial charge in [0, 0.05) is 22.2 Å². The molecule has 0 spiro atoms. The lowest BCUT2D eigenvalue weighted by molar-refractivity contribution is -0.119. The van der Waals surface area contributed by atoms with Crippen LogP contribution in [0, 0.1) is 0 Å². The number of benzene rings is 2. The van der Waals surface area contributed by atoms with Crippen LogP contribution in [0.5, 0.6) is 0 Å². The summed E-state index contributed by atoms with van der Waals surface area (Å²) in [5, 5.41) is 0. The van der Waals surface area contributed by atoms with Gasteiger partial charge >= 0.3 is 0 Å². The Hall–Kier alpha value is -2.53.